The van der Waals surface area contributed by atoms with E-state index in [-0.39, 0.29) is 11.8 Å². The predicted octanol–water partition coefficient (Wildman–Crippen LogP) is 4.89. The Morgan fingerprint density at radius 2 is 1.55 bits per heavy atom. The Morgan fingerprint density at radius 3 is 2.14 bits per heavy atom. The molecule has 0 aliphatic heterocycles. The Bertz CT molecular complexity index is 788. The lowest BCUT2D eigenvalue weighted by molar-refractivity contribution is -0.140. The van der Waals surface area contributed by atoms with Gasteiger partial charge in [-0.15, -0.1) is 0 Å². The SMILES string of the molecule is CCCNC(=O)[C@@H](C)N(Cc1ccc(Br)cc1)C(=O)CCc1ccc(CC)cc1. The molecule has 0 aliphatic carbocycles. The topological polar surface area (TPSA) is 49.4 Å². The van der Waals surface area contributed by atoms with Crippen molar-refractivity contribution in [3.05, 3.63) is 69.7 Å². The number of aryl methyl sites for hydroxylation is 2. The molecule has 0 saturated carbocycles. The molecule has 0 radical (unpaired) electrons. The van der Waals surface area contributed by atoms with E-state index >= 15 is 0 Å². The van der Waals surface area contributed by atoms with E-state index in [4.69, 9.17) is 0 Å². The molecule has 0 aliphatic rings. The molecular formula is C24H31BrN2O2. The number of benzene rings is 2. The van der Waals surface area contributed by atoms with Crippen molar-refractivity contribution in [1.82, 2.24) is 10.2 Å². The van der Waals surface area contributed by atoms with Crippen LogP contribution in [0.5, 0.6) is 0 Å². The summed E-state index contributed by atoms with van der Waals surface area (Å²) in [6, 6.07) is 15.7. The van der Waals surface area contributed by atoms with Crippen LogP contribution in [0, 0.1) is 0 Å². The number of amides is 2. The summed E-state index contributed by atoms with van der Waals surface area (Å²) in [5.74, 6) is -0.115. The Hall–Kier alpha value is -2.14. The van der Waals surface area contributed by atoms with Crippen LogP contribution in [0.4, 0.5) is 0 Å². The Kier molecular flexibility index (Phi) is 9.39. The molecule has 0 saturated heterocycles. The van der Waals surface area contributed by atoms with Gasteiger partial charge in [-0.1, -0.05) is 66.2 Å². The highest BCUT2D eigenvalue weighted by Crippen LogP contribution is 2.16. The van der Waals surface area contributed by atoms with E-state index in [1.54, 1.807) is 11.8 Å². The first-order valence-corrected chi connectivity index (χ1v) is 11.1. The number of hydrogen-bond donors (Lipinski definition) is 1. The van der Waals surface area contributed by atoms with E-state index in [0.29, 0.717) is 25.9 Å². The van der Waals surface area contributed by atoms with E-state index in [0.717, 1.165) is 28.4 Å². The molecule has 0 unspecified atom stereocenters. The van der Waals surface area contributed by atoms with E-state index in [1.807, 2.05) is 31.2 Å². The maximum Gasteiger partial charge on any atom is 0.242 e. The highest BCUT2D eigenvalue weighted by Gasteiger charge is 2.25. The van der Waals surface area contributed by atoms with Crippen LogP contribution < -0.4 is 5.32 Å². The maximum absolute atomic E-state index is 13.1. The molecule has 0 spiro atoms. The van der Waals surface area contributed by atoms with Gasteiger partial charge in [-0.3, -0.25) is 9.59 Å². The number of rotatable bonds is 10. The average Bonchev–Trinajstić information content (AvgIpc) is 2.75. The van der Waals surface area contributed by atoms with Crippen LogP contribution in [0.25, 0.3) is 0 Å². The van der Waals surface area contributed by atoms with Crippen molar-refractivity contribution in [3.63, 3.8) is 0 Å². The third kappa shape index (κ3) is 7.32. The minimum absolute atomic E-state index is 0.00775. The van der Waals surface area contributed by atoms with Crippen LogP contribution in [-0.2, 0) is 29.0 Å². The first kappa shape index (κ1) is 23.1. The number of hydrogen-bond acceptors (Lipinski definition) is 2. The molecule has 0 fully saturated rings. The minimum atomic E-state index is -0.514. The zero-order valence-corrected chi connectivity index (χ0v) is 19.2. The van der Waals surface area contributed by atoms with Crippen LogP contribution in [0.2, 0.25) is 0 Å². The summed E-state index contributed by atoms with van der Waals surface area (Å²) < 4.78 is 0.989. The van der Waals surface area contributed by atoms with Gasteiger partial charge < -0.3 is 10.2 Å². The second-order valence-electron chi connectivity index (χ2n) is 7.29. The molecule has 4 nitrogen and oxygen atoms in total. The van der Waals surface area contributed by atoms with Gasteiger partial charge in [0, 0.05) is 24.0 Å². The number of carbonyl (C=O) groups is 2. The third-order valence-corrected chi connectivity index (χ3v) is 5.57. The zero-order chi connectivity index (χ0) is 21.2. The fourth-order valence-corrected chi connectivity index (χ4v) is 3.37. The summed E-state index contributed by atoms with van der Waals surface area (Å²) in [6.07, 6.45) is 2.92. The third-order valence-electron chi connectivity index (χ3n) is 5.04. The molecule has 0 aromatic heterocycles. The van der Waals surface area contributed by atoms with E-state index in [1.165, 1.54) is 5.56 Å². The molecule has 156 valence electrons. The monoisotopic (exact) mass is 458 g/mol. The fraction of sp³-hybridized carbons (Fsp3) is 0.417. The highest BCUT2D eigenvalue weighted by atomic mass is 79.9. The number of nitrogens with one attached hydrogen (secondary N) is 1. The van der Waals surface area contributed by atoms with Gasteiger partial charge in [0.1, 0.15) is 6.04 Å². The van der Waals surface area contributed by atoms with Crippen molar-refractivity contribution in [2.45, 2.75) is 59.0 Å². The lowest BCUT2D eigenvalue weighted by Gasteiger charge is -2.29. The van der Waals surface area contributed by atoms with E-state index < -0.39 is 6.04 Å². The summed E-state index contributed by atoms with van der Waals surface area (Å²) in [5.41, 5.74) is 3.43. The Balaban J connectivity index is 2.09. The molecular weight excluding hydrogens is 428 g/mol. The maximum atomic E-state index is 13.1. The van der Waals surface area contributed by atoms with Crippen molar-refractivity contribution in [1.29, 1.82) is 0 Å². The van der Waals surface area contributed by atoms with Crippen molar-refractivity contribution in [2.24, 2.45) is 0 Å². The molecule has 1 N–H and O–H groups in total. The largest absolute Gasteiger partial charge is 0.354 e. The van der Waals surface area contributed by atoms with Gasteiger partial charge in [0.15, 0.2) is 0 Å². The molecule has 2 rings (SSSR count). The standard InChI is InChI=1S/C24H31BrN2O2/c1-4-16-26-24(29)18(3)27(17-21-10-13-22(25)14-11-21)23(28)15-12-20-8-6-19(5-2)7-9-20/h6-11,13-14,18H,4-5,12,15-17H2,1-3H3,(H,26,29)/t18-/m1/s1. The highest BCUT2D eigenvalue weighted by molar-refractivity contribution is 9.10. The molecule has 1 atom stereocenters. The summed E-state index contributed by atoms with van der Waals surface area (Å²) >= 11 is 3.44. The molecule has 2 aromatic carbocycles. The Morgan fingerprint density at radius 1 is 0.966 bits per heavy atom. The lowest BCUT2D eigenvalue weighted by atomic mass is 10.0. The summed E-state index contributed by atoms with van der Waals surface area (Å²) in [6.45, 7) is 6.98. The average molecular weight is 459 g/mol. The van der Waals surface area contributed by atoms with Crippen molar-refractivity contribution < 1.29 is 9.59 Å². The van der Waals surface area contributed by atoms with Crippen LogP contribution in [0.15, 0.2) is 53.0 Å². The molecule has 0 bridgehead atoms. The molecule has 5 heteroatoms. The predicted molar refractivity (Wildman–Crippen MR) is 122 cm³/mol. The van der Waals surface area contributed by atoms with Crippen LogP contribution >= 0.6 is 15.9 Å². The summed E-state index contributed by atoms with van der Waals surface area (Å²) in [7, 11) is 0. The minimum Gasteiger partial charge on any atom is -0.354 e. The first-order chi connectivity index (χ1) is 13.9. The van der Waals surface area contributed by atoms with Gasteiger partial charge in [-0.25, -0.2) is 0 Å². The van der Waals surface area contributed by atoms with Crippen molar-refractivity contribution in [2.75, 3.05) is 6.54 Å². The first-order valence-electron chi connectivity index (χ1n) is 10.3. The molecule has 2 amide bonds. The summed E-state index contributed by atoms with van der Waals surface area (Å²) in [4.78, 5) is 27.3. The number of halogens is 1. The van der Waals surface area contributed by atoms with Gasteiger partial charge in [0.2, 0.25) is 11.8 Å². The van der Waals surface area contributed by atoms with Crippen molar-refractivity contribution >= 4 is 27.7 Å². The van der Waals surface area contributed by atoms with Crippen LogP contribution in [0.3, 0.4) is 0 Å². The van der Waals surface area contributed by atoms with Gasteiger partial charge in [-0.05, 0) is 55.0 Å². The second kappa shape index (κ2) is 11.8. The van der Waals surface area contributed by atoms with Gasteiger partial charge in [-0.2, -0.15) is 0 Å². The van der Waals surface area contributed by atoms with E-state index in [2.05, 4.69) is 52.4 Å². The molecule has 0 heterocycles. The van der Waals surface area contributed by atoms with Crippen molar-refractivity contribution in [3.8, 4) is 0 Å². The van der Waals surface area contributed by atoms with Crippen LogP contribution in [-0.4, -0.2) is 29.3 Å². The van der Waals surface area contributed by atoms with E-state index in [9.17, 15) is 9.59 Å². The Labute approximate surface area is 182 Å². The van der Waals surface area contributed by atoms with Gasteiger partial charge >= 0.3 is 0 Å². The van der Waals surface area contributed by atoms with Gasteiger partial charge in [0.05, 0.1) is 0 Å². The fourth-order valence-electron chi connectivity index (χ4n) is 3.10. The zero-order valence-electron chi connectivity index (χ0n) is 17.6. The van der Waals surface area contributed by atoms with Gasteiger partial charge in [0.25, 0.3) is 0 Å². The molecule has 29 heavy (non-hydrogen) atoms. The smallest absolute Gasteiger partial charge is 0.242 e. The number of nitrogens with zero attached hydrogens (tertiary/aromatic N) is 1. The molecule has 2 aromatic rings. The normalized spacial score (nSPS) is 11.7. The lowest BCUT2D eigenvalue weighted by Crippen LogP contribution is -2.47. The number of carbonyl (C=O) groups excluding carboxylic acids is 2. The van der Waals surface area contributed by atoms with Crippen LogP contribution in [0.1, 0.15) is 50.3 Å². The quantitative estimate of drug-likeness (QED) is 0.550. The second-order valence-corrected chi connectivity index (χ2v) is 8.20. The summed E-state index contributed by atoms with van der Waals surface area (Å²) in [5, 5.41) is 2.91.